The van der Waals surface area contributed by atoms with Gasteiger partial charge in [-0.25, -0.2) is 9.59 Å². The van der Waals surface area contributed by atoms with Crippen LogP contribution in [0.15, 0.2) is 34.7 Å². The Kier molecular flexibility index (Phi) is 5.71. The number of hydroxylamine groups is 2. The lowest BCUT2D eigenvalue weighted by molar-refractivity contribution is -0.140. The first kappa shape index (κ1) is 22.6. The number of hydrogen-bond acceptors (Lipinski definition) is 6. The quantitative estimate of drug-likeness (QED) is 0.676. The smallest absolute Gasteiger partial charge is 0.407 e. The van der Waals surface area contributed by atoms with E-state index in [4.69, 9.17) is 9.25 Å². The molecule has 2 aromatic rings. The third-order valence-electron chi connectivity index (χ3n) is 7.03. The van der Waals surface area contributed by atoms with Gasteiger partial charge in [-0.1, -0.05) is 30.3 Å². The van der Waals surface area contributed by atoms with Crippen LogP contribution in [-0.4, -0.2) is 66.5 Å². The van der Waals surface area contributed by atoms with Crippen LogP contribution in [0.3, 0.4) is 0 Å². The fraction of sp³-hybridized carbons (Fsp3) is 0.583. The number of fused-ring (bicyclic) bond motifs is 2. The summed E-state index contributed by atoms with van der Waals surface area (Å²) in [5.41, 5.74) is 0.543. The minimum absolute atomic E-state index is 0.0154. The van der Waals surface area contributed by atoms with Crippen LogP contribution in [0.1, 0.15) is 75.8 Å². The van der Waals surface area contributed by atoms with Crippen molar-refractivity contribution in [2.24, 2.45) is 0 Å². The molecule has 5 rings (SSSR count). The van der Waals surface area contributed by atoms with Crippen LogP contribution in [0.4, 0.5) is 9.59 Å². The van der Waals surface area contributed by atoms with Gasteiger partial charge in [0, 0.05) is 24.0 Å². The van der Waals surface area contributed by atoms with E-state index >= 15 is 0 Å². The third-order valence-corrected chi connectivity index (χ3v) is 7.03. The van der Waals surface area contributed by atoms with Crippen molar-refractivity contribution in [3.8, 4) is 0 Å². The Balaban J connectivity index is 1.21. The zero-order valence-electron chi connectivity index (χ0n) is 19.8. The zero-order chi connectivity index (χ0) is 24.0. The van der Waals surface area contributed by atoms with E-state index in [0.717, 1.165) is 18.4 Å². The van der Waals surface area contributed by atoms with Crippen LogP contribution in [0.25, 0.3) is 0 Å². The lowest BCUT2D eigenvalue weighted by Crippen LogP contribution is -2.55. The van der Waals surface area contributed by atoms with E-state index in [1.165, 1.54) is 9.96 Å². The Hall–Kier alpha value is -3.14. The normalized spacial score (nSPS) is 26.5. The number of rotatable bonds is 6. The van der Waals surface area contributed by atoms with E-state index in [-0.39, 0.29) is 30.1 Å². The molecule has 1 aromatic heterocycles. The van der Waals surface area contributed by atoms with Crippen LogP contribution in [-0.2, 0) is 11.4 Å². The predicted molar refractivity (Wildman–Crippen MR) is 121 cm³/mol. The van der Waals surface area contributed by atoms with Gasteiger partial charge in [-0.2, -0.15) is 5.06 Å². The number of aromatic nitrogens is 2. The lowest BCUT2D eigenvalue weighted by atomic mass is 9.78. The van der Waals surface area contributed by atoms with Crippen LogP contribution in [0, 0.1) is 0 Å². The molecule has 1 aliphatic carbocycles. The molecule has 2 bridgehead atoms. The number of nitrogens with zero attached hydrogens (tertiary/aromatic N) is 5. The van der Waals surface area contributed by atoms with Crippen LogP contribution in [0.5, 0.6) is 0 Å². The second kappa shape index (κ2) is 8.57. The van der Waals surface area contributed by atoms with E-state index in [1.54, 1.807) is 4.90 Å². The maximum atomic E-state index is 13.1. The van der Waals surface area contributed by atoms with E-state index in [1.807, 2.05) is 51.1 Å². The first-order valence-corrected chi connectivity index (χ1v) is 11.8. The van der Waals surface area contributed by atoms with Crippen molar-refractivity contribution in [3.05, 3.63) is 47.7 Å². The highest BCUT2D eigenvalue weighted by atomic mass is 16.7. The Bertz CT molecular complexity index is 1050. The molecule has 3 fully saturated rings. The molecule has 3 amide bonds. The Morgan fingerprint density at radius 2 is 1.88 bits per heavy atom. The highest BCUT2D eigenvalue weighted by Crippen LogP contribution is 2.43. The third kappa shape index (κ3) is 4.11. The zero-order valence-corrected chi connectivity index (χ0v) is 19.8. The molecule has 3 aliphatic rings. The summed E-state index contributed by atoms with van der Waals surface area (Å²) in [6.07, 6.45) is 1.92. The van der Waals surface area contributed by atoms with Crippen molar-refractivity contribution in [1.29, 1.82) is 0 Å². The SMILES string of the molecule is CC(C)(C)N(C(=O)O)C1CC(c2nnc([C@@H]3CC[C@@H]4CN3C(=O)N4OCc3ccccc3)o2)C1. The average Bonchev–Trinajstić information content (AvgIpc) is 3.33. The summed E-state index contributed by atoms with van der Waals surface area (Å²) in [6.45, 7) is 6.61. The second-order valence-electron chi connectivity index (χ2n) is 10.4. The number of urea groups is 1. The van der Waals surface area contributed by atoms with E-state index in [2.05, 4.69) is 10.2 Å². The van der Waals surface area contributed by atoms with Crippen LogP contribution < -0.4 is 0 Å². The van der Waals surface area contributed by atoms with Gasteiger partial charge in [-0.05, 0) is 52.0 Å². The summed E-state index contributed by atoms with van der Waals surface area (Å²) >= 11 is 0. The van der Waals surface area contributed by atoms with Gasteiger partial charge < -0.3 is 19.3 Å². The number of amides is 3. The maximum absolute atomic E-state index is 13.1. The van der Waals surface area contributed by atoms with Gasteiger partial charge in [0.1, 0.15) is 12.6 Å². The lowest BCUT2D eigenvalue weighted by Gasteiger charge is -2.46. The molecule has 34 heavy (non-hydrogen) atoms. The van der Waals surface area contributed by atoms with Crippen molar-refractivity contribution >= 4 is 12.1 Å². The first-order valence-electron chi connectivity index (χ1n) is 11.8. The molecule has 1 aromatic carbocycles. The largest absolute Gasteiger partial charge is 0.465 e. The molecule has 2 atom stereocenters. The monoisotopic (exact) mass is 469 g/mol. The molecular formula is C24H31N5O5. The first-order chi connectivity index (χ1) is 16.2. The molecule has 3 heterocycles. The molecule has 1 saturated carbocycles. The van der Waals surface area contributed by atoms with Crippen molar-refractivity contribution in [1.82, 2.24) is 25.1 Å². The summed E-state index contributed by atoms with van der Waals surface area (Å²) in [6, 6.07) is 9.29. The molecule has 2 saturated heterocycles. The molecule has 10 nitrogen and oxygen atoms in total. The van der Waals surface area contributed by atoms with Crippen LogP contribution in [0.2, 0.25) is 0 Å². The Labute approximate surface area is 198 Å². The van der Waals surface area contributed by atoms with Gasteiger partial charge in [0.25, 0.3) is 0 Å². The Morgan fingerprint density at radius 3 is 2.56 bits per heavy atom. The van der Waals surface area contributed by atoms with Gasteiger partial charge in [0.2, 0.25) is 11.8 Å². The summed E-state index contributed by atoms with van der Waals surface area (Å²) < 4.78 is 6.02. The minimum atomic E-state index is -0.912. The standard InChI is InChI=1S/C24H31N5O5/c1-24(2,3)28(23(31)32)18-11-16(12-18)20-25-26-21(34-20)19-10-9-17-13-27(19)22(30)29(17)33-14-15-7-5-4-6-8-15/h4-8,16-19H,9-14H2,1-3H3,(H,31,32)/t16?,17-,18?,19+/m1/s1. The molecule has 1 N–H and O–H groups in total. The van der Waals surface area contributed by atoms with Gasteiger partial charge in [0.05, 0.1) is 6.04 Å². The summed E-state index contributed by atoms with van der Waals surface area (Å²) in [7, 11) is 0. The summed E-state index contributed by atoms with van der Waals surface area (Å²) in [5, 5.41) is 19.6. The van der Waals surface area contributed by atoms with E-state index in [0.29, 0.717) is 37.8 Å². The van der Waals surface area contributed by atoms with Crippen molar-refractivity contribution in [3.63, 3.8) is 0 Å². The minimum Gasteiger partial charge on any atom is -0.465 e. The number of carbonyl (C=O) groups excluding carboxylic acids is 1. The Morgan fingerprint density at radius 1 is 1.18 bits per heavy atom. The van der Waals surface area contributed by atoms with E-state index in [9.17, 15) is 14.7 Å². The fourth-order valence-electron chi connectivity index (χ4n) is 5.31. The van der Waals surface area contributed by atoms with Crippen molar-refractivity contribution < 1.29 is 24.0 Å². The average molecular weight is 470 g/mol. The highest BCUT2D eigenvalue weighted by molar-refractivity contribution is 5.77. The van der Waals surface area contributed by atoms with Gasteiger partial charge >= 0.3 is 12.1 Å². The molecule has 0 unspecified atom stereocenters. The van der Waals surface area contributed by atoms with Gasteiger partial charge in [-0.3, -0.25) is 4.84 Å². The highest BCUT2D eigenvalue weighted by Gasteiger charge is 2.48. The van der Waals surface area contributed by atoms with Gasteiger partial charge in [0.15, 0.2) is 0 Å². The summed E-state index contributed by atoms with van der Waals surface area (Å²) in [4.78, 5) is 33.9. The molecule has 0 spiro atoms. The van der Waals surface area contributed by atoms with Crippen LogP contribution >= 0.6 is 0 Å². The number of carbonyl (C=O) groups is 2. The number of piperidine rings is 1. The molecule has 0 radical (unpaired) electrons. The molecular weight excluding hydrogens is 438 g/mol. The number of benzene rings is 1. The predicted octanol–water partition coefficient (Wildman–Crippen LogP) is 4.17. The summed E-state index contributed by atoms with van der Waals surface area (Å²) in [5.74, 6) is 1.00. The second-order valence-corrected chi connectivity index (χ2v) is 10.4. The topological polar surface area (TPSA) is 112 Å². The molecule has 182 valence electrons. The molecule has 10 heteroatoms. The maximum Gasteiger partial charge on any atom is 0.407 e. The number of carboxylic acid groups (broad SMARTS) is 1. The number of hydrogen-bond donors (Lipinski definition) is 1. The molecule has 2 aliphatic heterocycles. The fourth-order valence-corrected chi connectivity index (χ4v) is 5.31. The van der Waals surface area contributed by atoms with Crippen molar-refractivity contribution in [2.75, 3.05) is 6.54 Å². The van der Waals surface area contributed by atoms with Crippen molar-refractivity contribution in [2.45, 2.75) is 82.6 Å². The van der Waals surface area contributed by atoms with Gasteiger partial charge in [-0.15, -0.1) is 10.2 Å². The van der Waals surface area contributed by atoms with E-state index < -0.39 is 11.6 Å².